The highest BCUT2D eigenvalue weighted by molar-refractivity contribution is 6.29. The normalized spacial score (nSPS) is 12.9. The molecule has 1 atom stereocenters. The summed E-state index contributed by atoms with van der Waals surface area (Å²) < 4.78 is 1.91. The zero-order chi connectivity index (χ0) is 13.0. The van der Waals surface area contributed by atoms with Crippen molar-refractivity contribution in [1.82, 2.24) is 19.7 Å². The van der Waals surface area contributed by atoms with E-state index in [1.165, 1.54) is 0 Å². The molecule has 0 N–H and O–H groups in total. The van der Waals surface area contributed by atoms with Crippen LogP contribution in [0.5, 0.6) is 0 Å². The molecule has 0 aliphatic heterocycles. The highest BCUT2D eigenvalue weighted by Crippen LogP contribution is 2.30. The maximum Gasteiger partial charge on any atom is 0.137 e. The van der Waals surface area contributed by atoms with Crippen molar-refractivity contribution in [2.24, 2.45) is 5.92 Å². The molecule has 0 saturated heterocycles. The van der Waals surface area contributed by atoms with Crippen molar-refractivity contribution in [3.05, 3.63) is 41.7 Å². The average Bonchev–Trinajstić information content (AvgIpc) is 2.91. The van der Waals surface area contributed by atoms with Crippen LogP contribution in [0, 0.1) is 5.92 Å². The summed E-state index contributed by atoms with van der Waals surface area (Å²) in [5.74, 6) is 0.509. The van der Waals surface area contributed by atoms with E-state index in [2.05, 4.69) is 28.9 Å². The van der Waals surface area contributed by atoms with Gasteiger partial charge in [-0.25, -0.2) is 14.6 Å². The summed E-state index contributed by atoms with van der Waals surface area (Å²) in [4.78, 5) is 8.21. The summed E-state index contributed by atoms with van der Waals surface area (Å²) in [6.07, 6.45) is 7.33. The number of hydrogen-bond acceptors (Lipinski definition) is 3. The fraction of sp³-hybridized carbons (Fsp3) is 0.462. The molecule has 18 heavy (non-hydrogen) atoms. The number of pyridine rings is 1. The molecular weight excluding hydrogens is 248 g/mol. The standard InChI is InChI=1S/C13H17ClN4/c1-3-10(4-2)13(18-9-15-8-17-18)11-5-6-12(14)16-7-11/h5-10,13H,3-4H2,1-2H3. The number of hydrogen-bond donors (Lipinski definition) is 0. The van der Waals surface area contributed by atoms with Crippen molar-refractivity contribution in [2.75, 3.05) is 0 Å². The maximum atomic E-state index is 5.84. The van der Waals surface area contributed by atoms with E-state index in [-0.39, 0.29) is 6.04 Å². The molecule has 0 amide bonds. The molecule has 2 rings (SSSR count). The predicted molar refractivity (Wildman–Crippen MR) is 71.5 cm³/mol. The third-order valence-corrected chi connectivity index (χ3v) is 3.53. The highest BCUT2D eigenvalue weighted by Gasteiger charge is 2.23. The Morgan fingerprint density at radius 3 is 2.56 bits per heavy atom. The lowest BCUT2D eigenvalue weighted by Gasteiger charge is -2.25. The molecule has 2 heterocycles. The lowest BCUT2D eigenvalue weighted by molar-refractivity contribution is 0.332. The Kier molecular flexibility index (Phi) is 4.31. The topological polar surface area (TPSA) is 43.6 Å². The van der Waals surface area contributed by atoms with E-state index in [0.717, 1.165) is 18.4 Å². The molecule has 2 aromatic heterocycles. The molecule has 0 aromatic carbocycles. The van der Waals surface area contributed by atoms with Gasteiger partial charge in [-0.15, -0.1) is 0 Å². The summed E-state index contributed by atoms with van der Waals surface area (Å²) in [6.45, 7) is 4.39. The maximum absolute atomic E-state index is 5.84. The summed E-state index contributed by atoms with van der Waals surface area (Å²) in [5.41, 5.74) is 1.12. The molecular formula is C13H17ClN4. The minimum atomic E-state index is 0.173. The first-order chi connectivity index (χ1) is 8.76. The number of halogens is 1. The molecule has 0 aliphatic rings. The first-order valence-corrected chi connectivity index (χ1v) is 6.59. The zero-order valence-corrected chi connectivity index (χ0v) is 11.4. The lowest BCUT2D eigenvalue weighted by atomic mass is 9.90. The second-order valence-corrected chi connectivity index (χ2v) is 4.70. The molecule has 0 bridgehead atoms. The third-order valence-electron chi connectivity index (χ3n) is 3.31. The van der Waals surface area contributed by atoms with E-state index < -0.39 is 0 Å². The monoisotopic (exact) mass is 264 g/mol. The number of nitrogens with zero attached hydrogens (tertiary/aromatic N) is 4. The van der Waals surface area contributed by atoms with Crippen LogP contribution in [0.25, 0.3) is 0 Å². The molecule has 0 radical (unpaired) electrons. The Morgan fingerprint density at radius 2 is 2.06 bits per heavy atom. The molecule has 4 nitrogen and oxygen atoms in total. The number of rotatable bonds is 5. The van der Waals surface area contributed by atoms with Gasteiger partial charge in [0.25, 0.3) is 0 Å². The van der Waals surface area contributed by atoms with Crippen LogP contribution in [0.3, 0.4) is 0 Å². The van der Waals surface area contributed by atoms with Crippen molar-refractivity contribution in [1.29, 1.82) is 0 Å². The van der Waals surface area contributed by atoms with Gasteiger partial charge in [0.05, 0.1) is 6.04 Å². The summed E-state index contributed by atoms with van der Waals surface area (Å²) in [7, 11) is 0. The van der Waals surface area contributed by atoms with Crippen LogP contribution in [-0.2, 0) is 0 Å². The zero-order valence-electron chi connectivity index (χ0n) is 10.6. The van der Waals surface area contributed by atoms with Crippen LogP contribution in [-0.4, -0.2) is 19.7 Å². The Bertz CT molecular complexity index is 462. The minimum Gasteiger partial charge on any atom is -0.245 e. The van der Waals surface area contributed by atoms with Crippen LogP contribution < -0.4 is 0 Å². The van der Waals surface area contributed by atoms with E-state index in [0.29, 0.717) is 11.1 Å². The minimum absolute atomic E-state index is 0.173. The van der Waals surface area contributed by atoms with E-state index in [1.807, 2.05) is 23.0 Å². The van der Waals surface area contributed by atoms with Crippen LogP contribution in [0.2, 0.25) is 5.15 Å². The van der Waals surface area contributed by atoms with Crippen LogP contribution in [0.4, 0.5) is 0 Å². The van der Waals surface area contributed by atoms with Crippen molar-refractivity contribution >= 4 is 11.6 Å². The Morgan fingerprint density at radius 1 is 1.28 bits per heavy atom. The second-order valence-electron chi connectivity index (χ2n) is 4.31. The van der Waals surface area contributed by atoms with Gasteiger partial charge in [0.1, 0.15) is 17.8 Å². The summed E-state index contributed by atoms with van der Waals surface area (Å²) in [5, 5.41) is 4.79. The highest BCUT2D eigenvalue weighted by atomic mass is 35.5. The molecule has 0 saturated carbocycles. The van der Waals surface area contributed by atoms with E-state index in [4.69, 9.17) is 11.6 Å². The van der Waals surface area contributed by atoms with Crippen LogP contribution >= 0.6 is 11.6 Å². The molecule has 96 valence electrons. The van der Waals surface area contributed by atoms with Crippen molar-refractivity contribution in [3.8, 4) is 0 Å². The molecule has 5 heteroatoms. The van der Waals surface area contributed by atoms with Gasteiger partial charge in [-0.05, 0) is 17.5 Å². The Balaban J connectivity index is 2.38. The molecule has 2 aromatic rings. The van der Waals surface area contributed by atoms with Gasteiger partial charge in [0.15, 0.2) is 0 Å². The summed E-state index contributed by atoms with van der Waals surface area (Å²) in [6, 6.07) is 4.01. The Labute approximate surface area is 112 Å². The van der Waals surface area contributed by atoms with Crippen LogP contribution in [0.1, 0.15) is 38.3 Å². The second kappa shape index (κ2) is 5.96. The molecule has 0 fully saturated rings. The van der Waals surface area contributed by atoms with Crippen molar-refractivity contribution in [3.63, 3.8) is 0 Å². The van der Waals surface area contributed by atoms with Crippen molar-refractivity contribution < 1.29 is 0 Å². The fourth-order valence-electron chi connectivity index (χ4n) is 2.30. The lowest BCUT2D eigenvalue weighted by Crippen LogP contribution is -2.20. The largest absolute Gasteiger partial charge is 0.245 e. The molecule has 1 unspecified atom stereocenters. The van der Waals surface area contributed by atoms with Gasteiger partial charge in [0.2, 0.25) is 0 Å². The van der Waals surface area contributed by atoms with Gasteiger partial charge in [-0.3, -0.25) is 0 Å². The smallest absolute Gasteiger partial charge is 0.137 e. The van der Waals surface area contributed by atoms with Crippen molar-refractivity contribution in [2.45, 2.75) is 32.7 Å². The van der Waals surface area contributed by atoms with E-state index >= 15 is 0 Å². The first kappa shape index (κ1) is 13.0. The van der Waals surface area contributed by atoms with Gasteiger partial charge < -0.3 is 0 Å². The van der Waals surface area contributed by atoms with E-state index in [1.54, 1.807) is 12.7 Å². The van der Waals surface area contributed by atoms with E-state index in [9.17, 15) is 0 Å². The summed E-state index contributed by atoms with van der Waals surface area (Å²) >= 11 is 5.84. The number of aromatic nitrogens is 4. The third kappa shape index (κ3) is 2.70. The van der Waals surface area contributed by atoms with Gasteiger partial charge in [-0.2, -0.15) is 5.10 Å². The van der Waals surface area contributed by atoms with Crippen LogP contribution in [0.15, 0.2) is 31.0 Å². The first-order valence-electron chi connectivity index (χ1n) is 6.21. The van der Waals surface area contributed by atoms with Gasteiger partial charge in [0, 0.05) is 6.20 Å². The van der Waals surface area contributed by atoms with Gasteiger partial charge >= 0.3 is 0 Å². The Hall–Kier alpha value is -1.42. The quantitative estimate of drug-likeness (QED) is 0.778. The average molecular weight is 265 g/mol. The molecule has 0 aliphatic carbocycles. The molecule has 0 spiro atoms. The van der Waals surface area contributed by atoms with Gasteiger partial charge in [-0.1, -0.05) is 44.4 Å². The predicted octanol–water partition coefficient (Wildman–Crippen LogP) is 3.35. The SMILES string of the molecule is CCC(CC)C(c1ccc(Cl)nc1)n1cncn1. The fourth-order valence-corrected chi connectivity index (χ4v) is 2.41.